The van der Waals surface area contributed by atoms with E-state index in [1.807, 2.05) is 34.9 Å². The summed E-state index contributed by atoms with van der Waals surface area (Å²) < 4.78 is 5.10. The molecular formula is C45H28N2S2. The zero-order chi connectivity index (χ0) is 32.3. The van der Waals surface area contributed by atoms with E-state index in [4.69, 9.17) is 0 Å². The van der Waals surface area contributed by atoms with Crippen molar-refractivity contribution in [3.63, 3.8) is 0 Å². The van der Waals surface area contributed by atoms with Crippen LogP contribution in [-0.4, -0.2) is 4.98 Å². The Hall–Kier alpha value is -5.81. The Morgan fingerprint density at radius 3 is 1.94 bits per heavy atom. The maximum atomic E-state index is 4.69. The monoisotopic (exact) mass is 660 g/mol. The fourth-order valence-corrected chi connectivity index (χ4v) is 9.44. The highest BCUT2D eigenvalue weighted by Crippen LogP contribution is 2.43. The maximum Gasteiger partial charge on any atom is 0.0888 e. The number of fused-ring (bicyclic) bond motifs is 7. The van der Waals surface area contributed by atoms with Crippen LogP contribution < -0.4 is 4.90 Å². The van der Waals surface area contributed by atoms with Gasteiger partial charge in [0.15, 0.2) is 0 Å². The summed E-state index contributed by atoms with van der Waals surface area (Å²) in [5.74, 6) is 0. The number of thiophene rings is 2. The van der Waals surface area contributed by atoms with E-state index in [9.17, 15) is 0 Å². The van der Waals surface area contributed by atoms with E-state index in [-0.39, 0.29) is 0 Å². The molecule has 0 aliphatic carbocycles. The SMILES string of the molecule is c1ccc2cc(-c3ccc(N(c4ccc(-c5cccc6c5sc5cccnc56)cc4)c4ccc5c(c4)sc4ccccc45)cc3)ccc2c1. The van der Waals surface area contributed by atoms with E-state index < -0.39 is 0 Å². The van der Waals surface area contributed by atoms with Gasteiger partial charge in [0.25, 0.3) is 0 Å². The Morgan fingerprint density at radius 2 is 1.08 bits per heavy atom. The Labute approximate surface area is 291 Å². The van der Waals surface area contributed by atoms with Crippen LogP contribution in [0.15, 0.2) is 170 Å². The van der Waals surface area contributed by atoms with Gasteiger partial charge in [-0.25, -0.2) is 0 Å². The average molecular weight is 661 g/mol. The van der Waals surface area contributed by atoms with E-state index in [2.05, 4.69) is 168 Å². The molecule has 3 aromatic heterocycles. The van der Waals surface area contributed by atoms with Crippen molar-refractivity contribution in [3.8, 4) is 22.3 Å². The number of rotatable bonds is 5. The van der Waals surface area contributed by atoms with Crippen LogP contribution in [-0.2, 0) is 0 Å². The van der Waals surface area contributed by atoms with Gasteiger partial charge in [-0.05, 0) is 93.7 Å². The van der Waals surface area contributed by atoms with Gasteiger partial charge in [0.05, 0.1) is 10.2 Å². The molecule has 2 nitrogen and oxygen atoms in total. The number of anilines is 3. The second kappa shape index (κ2) is 11.4. The second-order valence-corrected chi connectivity index (χ2v) is 14.5. The lowest BCUT2D eigenvalue weighted by Crippen LogP contribution is -2.09. The second-order valence-electron chi connectivity index (χ2n) is 12.4. The minimum absolute atomic E-state index is 1.08. The average Bonchev–Trinajstić information content (AvgIpc) is 3.74. The van der Waals surface area contributed by atoms with Crippen LogP contribution in [0.1, 0.15) is 0 Å². The highest BCUT2D eigenvalue weighted by Gasteiger charge is 2.17. The molecule has 3 heterocycles. The number of hydrogen-bond acceptors (Lipinski definition) is 4. The largest absolute Gasteiger partial charge is 0.310 e. The number of pyridine rings is 1. The van der Waals surface area contributed by atoms with Crippen LogP contribution in [0, 0.1) is 0 Å². The summed E-state index contributed by atoms with van der Waals surface area (Å²) >= 11 is 3.67. The van der Waals surface area contributed by atoms with Gasteiger partial charge in [-0.1, -0.05) is 103 Å². The molecular weight excluding hydrogens is 633 g/mol. The maximum absolute atomic E-state index is 4.69. The van der Waals surface area contributed by atoms with Gasteiger partial charge in [-0.3, -0.25) is 4.98 Å². The predicted molar refractivity (Wildman–Crippen MR) is 213 cm³/mol. The molecule has 0 aliphatic rings. The van der Waals surface area contributed by atoms with Crippen molar-refractivity contribution < 1.29 is 0 Å². The summed E-state index contributed by atoms with van der Waals surface area (Å²) in [6, 6.07) is 59.6. The highest BCUT2D eigenvalue weighted by atomic mass is 32.1. The predicted octanol–water partition coefficient (Wildman–Crippen LogP) is 13.8. The number of nitrogens with zero attached hydrogens (tertiary/aromatic N) is 2. The first-order valence-electron chi connectivity index (χ1n) is 16.4. The van der Waals surface area contributed by atoms with Crippen LogP contribution in [0.2, 0.25) is 0 Å². The van der Waals surface area contributed by atoms with Crippen molar-refractivity contribution in [2.45, 2.75) is 0 Å². The Kier molecular flexibility index (Phi) is 6.57. The summed E-state index contributed by atoms with van der Waals surface area (Å²) in [5.41, 5.74) is 9.33. The van der Waals surface area contributed by atoms with Gasteiger partial charge in [0.1, 0.15) is 0 Å². The Balaban J connectivity index is 1.08. The van der Waals surface area contributed by atoms with Crippen LogP contribution in [0.25, 0.3) is 73.5 Å². The summed E-state index contributed by atoms with van der Waals surface area (Å²) in [5, 5.41) is 6.35. The molecule has 0 bridgehead atoms. The van der Waals surface area contributed by atoms with Gasteiger partial charge < -0.3 is 4.90 Å². The quantitative estimate of drug-likeness (QED) is 0.183. The molecule has 4 heteroatoms. The zero-order valence-corrected chi connectivity index (χ0v) is 28.0. The molecule has 0 radical (unpaired) electrons. The van der Waals surface area contributed by atoms with Gasteiger partial charge >= 0.3 is 0 Å². The van der Waals surface area contributed by atoms with Crippen molar-refractivity contribution in [2.24, 2.45) is 0 Å². The molecule has 0 N–H and O–H groups in total. The number of benzene rings is 7. The van der Waals surface area contributed by atoms with E-state index in [0.29, 0.717) is 0 Å². The third-order valence-electron chi connectivity index (χ3n) is 9.52. The standard InChI is InChI=1S/C45H28N2S2/c1-2-8-32-27-33(15-14-29(32)7-1)30-16-20-34(21-17-30)47(36-24-25-39-38-9-3-4-12-41(38)48-43(39)28-36)35-22-18-31(19-23-35)37-10-5-11-40-44-42(49-45(37)40)13-6-26-46-44/h1-28H. The van der Waals surface area contributed by atoms with Crippen LogP contribution in [0.5, 0.6) is 0 Å². The molecule has 10 rings (SSSR count). The fraction of sp³-hybridized carbons (Fsp3) is 0. The van der Waals surface area contributed by atoms with Crippen molar-refractivity contribution in [1.82, 2.24) is 4.98 Å². The molecule has 0 fully saturated rings. The molecule has 0 saturated heterocycles. The summed E-state index contributed by atoms with van der Waals surface area (Å²) in [7, 11) is 0. The van der Waals surface area contributed by atoms with Gasteiger partial charge in [0.2, 0.25) is 0 Å². The summed E-state index contributed by atoms with van der Waals surface area (Å²) in [4.78, 5) is 7.06. The number of aromatic nitrogens is 1. The van der Waals surface area contributed by atoms with Crippen molar-refractivity contribution in [3.05, 3.63) is 170 Å². The molecule has 0 spiro atoms. The highest BCUT2D eigenvalue weighted by molar-refractivity contribution is 7.26. The van der Waals surface area contributed by atoms with E-state index in [1.165, 1.54) is 68.0 Å². The smallest absolute Gasteiger partial charge is 0.0888 e. The Bertz CT molecular complexity index is 2830. The van der Waals surface area contributed by atoms with Crippen molar-refractivity contribution in [1.29, 1.82) is 0 Å². The first-order valence-corrected chi connectivity index (χ1v) is 18.1. The fourth-order valence-electron chi connectivity index (χ4n) is 7.11. The van der Waals surface area contributed by atoms with Crippen LogP contribution >= 0.6 is 22.7 Å². The Morgan fingerprint density at radius 1 is 0.408 bits per heavy atom. The lowest BCUT2D eigenvalue weighted by Gasteiger charge is -2.26. The summed E-state index contributed by atoms with van der Waals surface area (Å²) in [6.07, 6.45) is 1.88. The molecule has 0 amide bonds. The molecule has 7 aromatic carbocycles. The minimum Gasteiger partial charge on any atom is -0.310 e. The molecule has 49 heavy (non-hydrogen) atoms. The van der Waals surface area contributed by atoms with Crippen LogP contribution in [0.4, 0.5) is 17.1 Å². The van der Waals surface area contributed by atoms with Crippen LogP contribution in [0.3, 0.4) is 0 Å². The first-order chi connectivity index (χ1) is 24.3. The van der Waals surface area contributed by atoms with Crippen molar-refractivity contribution in [2.75, 3.05) is 4.90 Å². The minimum atomic E-state index is 1.08. The van der Waals surface area contributed by atoms with Gasteiger partial charge in [-0.15, -0.1) is 22.7 Å². The molecule has 0 unspecified atom stereocenters. The number of hydrogen-bond donors (Lipinski definition) is 0. The molecule has 0 atom stereocenters. The molecule has 0 saturated carbocycles. The third-order valence-corrected chi connectivity index (χ3v) is 11.8. The third kappa shape index (κ3) is 4.80. The lowest BCUT2D eigenvalue weighted by atomic mass is 10.0. The van der Waals surface area contributed by atoms with Gasteiger partial charge in [0, 0.05) is 53.5 Å². The van der Waals surface area contributed by atoms with E-state index >= 15 is 0 Å². The lowest BCUT2D eigenvalue weighted by molar-refractivity contribution is 1.29. The van der Waals surface area contributed by atoms with E-state index in [0.717, 1.165) is 22.6 Å². The topological polar surface area (TPSA) is 16.1 Å². The zero-order valence-electron chi connectivity index (χ0n) is 26.4. The first kappa shape index (κ1) is 28.2. The summed E-state index contributed by atoms with van der Waals surface area (Å²) in [6.45, 7) is 0. The normalized spacial score (nSPS) is 11.7. The van der Waals surface area contributed by atoms with E-state index in [1.54, 1.807) is 0 Å². The van der Waals surface area contributed by atoms with Gasteiger partial charge in [-0.2, -0.15) is 0 Å². The molecule has 0 aliphatic heterocycles. The van der Waals surface area contributed by atoms with Crippen molar-refractivity contribution >= 4 is 91.0 Å². The molecule has 230 valence electrons. The molecule has 10 aromatic rings.